The third-order valence-electron chi connectivity index (χ3n) is 9.04. The van der Waals surface area contributed by atoms with Crippen molar-refractivity contribution in [2.24, 2.45) is 11.8 Å². The lowest BCUT2D eigenvalue weighted by molar-refractivity contribution is -0.155. The molecule has 3 aliphatic heterocycles. The first-order valence-corrected chi connectivity index (χ1v) is 19.9. The van der Waals surface area contributed by atoms with Gasteiger partial charge in [-0.2, -0.15) is 0 Å². The fourth-order valence-electron chi connectivity index (χ4n) is 6.21. The monoisotopic (exact) mass is 644 g/mol. The lowest BCUT2D eigenvalue weighted by Gasteiger charge is -2.44. The van der Waals surface area contributed by atoms with E-state index in [4.69, 9.17) is 9.16 Å². The lowest BCUT2D eigenvalue weighted by Crippen LogP contribution is -2.59. The molecular weight excluding hydrogens is 601 g/mol. The number of anilines is 1. The Hall–Kier alpha value is -2.60. The second kappa shape index (κ2) is 13.2. The number of sulfonamides is 1. The number of ether oxygens (including phenoxy) is 1. The van der Waals surface area contributed by atoms with Gasteiger partial charge < -0.3 is 9.16 Å². The molecule has 43 heavy (non-hydrogen) atoms. The summed E-state index contributed by atoms with van der Waals surface area (Å²) in [5.41, 5.74) is 1.82. The van der Waals surface area contributed by atoms with Gasteiger partial charge in [0, 0.05) is 17.4 Å². The lowest BCUT2D eigenvalue weighted by atomic mass is 9.86. The van der Waals surface area contributed by atoms with Gasteiger partial charge >= 0.3 is 5.97 Å². The molecule has 0 N–H and O–H groups in total. The molecule has 1 amide bonds. The van der Waals surface area contributed by atoms with Crippen molar-refractivity contribution in [1.82, 2.24) is 4.90 Å². The zero-order valence-electron chi connectivity index (χ0n) is 26.3. The highest BCUT2D eigenvalue weighted by molar-refractivity contribution is 8.04. The van der Waals surface area contributed by atoms with Crippen molar-refractivity contribution in [2.75, 3.05) is 24.6 Å². The molecule has 2 aromatic carbocycles. The summed E-state index contributed by atoms with van der Waals surface area (Å²) >= 11 is 1.39. The van der Waals surface area contributed by atoms with E-state index in [9.17, 15) is 18.0 Å². The van der Waals surface area contributed by atoms with E-state index < -0.39 is 24.3 Å². The zero-order valence-corrected chi connectivity index (χ0v) is 28.9. The van der Waals surface area contributed by atoms with Gasteiger partial charge in [-0.15, -0.1) is 0 Å². The summed E-state index contributed by atoms with van der Waals surface area (Å²) in [5, 5.41) is 1.39. The molecule has 1 fully saturated rings. The van der Waals surface area contributed by atoms with Crippen molar-refractivity contribution < 1.29 is 27.2 Å². The minimum absolute atomic E-state index is 0.00709. The Morgan fingerprint density at radius 2 is 1.79 bits per heavy atom. The second-order valence-electron chi connectivity index (χ2n) is 11.4. The van der Waals surface area contributed by atoms with Crippen LogP contribution in [-0.2, 0) is 35.2 Å². The summed E-state index contributed by atoms with van der Waals surface area (Å²) in [6, 6.07) is 12.9. The number of carbonyl (C=O) groups excluding carboxylic acids is 2. The predicted octanol–water partition coefficient (Wildman–Crippen LogP) is 6.68. The van der Waals surface area contributed by atoms with E-state index in [-0.39, 0.29) is 46.9 Å². The van der Waals surface area contributed by atoms with Crippen LogP contribution in [0.15, 0.2) is 58.5 Å². The number of nitrogens with zero attached hydrogens (tertiary/aromatic N) is 2. The highest BCUT2D eigenvalue weighted by atomic mass is 32.2. The minimum Gasteiger partial charge on any atom is -0.457 e. The topological polar surface area (TPSA) is 93.2 Å². The average molecular weight is 645 g/mol. The standard InChI is InChI=1S/C25H26N2O5S2.C7H18OSi/c1-5-12-32-25(29)22-18(33-24-20(14(3)4)23(28)27(22)24)13-26-17-9-7-8-16-15(6-2)10-11-19(21(16)17)34(26,30)31;1-5-9(6-2,7-3)8-4/h5,7-11,14,20,24H,1,6,12-13H2,2-4H3;5-7H2,1-4H3. The number of benzene rings is 2. The van der Waals surface area contributed by atoms with Crippen LogP contribution < -0.4 is 4.31 Å². The van der Waals surface area contributed by atoms with Crippen molar-refractivity contribution in [3.63, 3.8) is 0 Å². The number of fused-ring (bicyclic) bond motifs is 1. The maximum Gasteiger partial charge on any atom is 0.356 e. The van der Waals surface area contributed by atoms with E-state index >= 15 is 0 Å². The van der Waals surface area contributed by atoms with Gasteiger partial charge in [-0.3, -0.25) is 14.0 Å². The van der Waals surface area contributed by atoms with Crippen LogP contribution in [0, 0.1) is 11.8 Å². The predicted molar refractivity (Wildman–Crippen MR) is 177 cm³/mol. The molecule has 0 bridgehead atoms. The van der Waals surface area contributed by atoms with Crippen molar-refractivity contribution in [3.8, 4) is 0 Å². The van der Waals surface area contributed by atoms with Crippen LogP contribution in [0.1, 0.15) is 47.1 Å². The smallest absolute Gasteiger partial charge is 0.356 e. The number of hydrogen-bond acceptors (Lipinski definition) is 7. The number of thioether (sulfide) groups is 1. The fraction of sp³-hybridized carbons (Fsp3) is 0.500. The Labute approximate surface area is 261 Å². The van der Waals surface area contributed by atoms with E-state index in [1.165, 1.54) is 45.2 Å². The molecule has 2 aromatic rings. The number of amides is 1. The molecule has 0 saturated carbocycles. The molecule has 2 atom stereocenters. The molecule has 5 rings (SSSR count). The first-order valence-electron chi connectivity index (χ1n) is 15.1. The van der Waals surface area contributed by atoms with Crippen LogP contribution in [0.5, 0.6) is 0 Å². The van der Waals surface area contributed by atoms with E-state index in [2.05, 4.69) is 27.4 Å². The van der Waals surface area contributed by atoms with Gasteiger partial charge in [-0.25, -0.2) is 13.2 Å². The van der Waals surface area contributed by atoms with Crippen molar-refractivity contribution in [2.45, 2.75) is 76.4 Å². The summed E-state index contributed by atoms with van der Waals surface area (Å²) in [6.45, 7) is 16.2. The Balaban J connectivity index is 0.000000410. The van der Waals surface area contributed by atoms with Crippen LogP contribution >= 0.6 is 11.8 Å². The zero-order chi connectivity index (χ0) is 31.7. The van der Waals surface area contributed by atoms with Crippen molar-refractivity contribution in [3.05, 3.63) is 59.2 Å². The van der Waals surface area contributed by atoms with Gasteiger partial charge in [-0.05, 0) is 53.6 Å². The maximum absolute atomic E-state index is 13.6. The minimum atomic E-state index is -3.82. The first kappa shape index (κ1) is 33.3. The molecule has 234 valence electrons. The largest absolute Gasteiger partial charge is 0.457 e. The Morgan fingerprint density at radius 1 is 1.12 bits per heavy atom. The number of esters is 1. The molecule has 0 spiro atoms. The molecule has 3 heterocycles. The van der Waals surface area contributed by atoms with E-state index in [1.54, 1.807) is 12.1 Å². The molecule has 3 aliphatic rings. The van der Waals surface area contributed by atoms with Crippen LogP contribution in [0.25, 0.3) is 10.8 Å². The first-order chi connectivity index (χ1) is 20.5. The molecule has 1 saturated heterocycles. The summed E-state index contributed by atoms with van der Waals surface area (Å²) < 4.78 is 39.4. The Bertz CT molecular complexity index is 1530. The molecule has 11 heteroatoms. The van der Waals surface area contributed by atoms with Gasteiger partial charge in [0.05, 0.1) is 28.4 Å². The summed E-state index contributed by atoms with van der Waals surface area (Å²) in [4.78, 5) is 28.1. The molecule has 8 nitrogen and oxygen atoms in total. The average Bonchev–Trinajstić information content (AvgIpc) is 3.43. The van der Waals surface area contributed by atoms with Crippen LogP contribution in [0.3, 0.4) is 0 Å². The number of hydrogen-bond donors (Lipinski definition) is 0. The molecule has 2 unspecified atom stereocenters. The van der Waals surface area contributed by atoms with Crippen molar-refractivity contribution >= 4 is 58.4 Å². The molecule has 0 aliphatic carbocycles. The molecular formula is C32H44N2O6S2Si. The second-order valence-corrected chi connectivity index (χ2v) is 19.3. The van der Waals surface area contributed by atoms with Crippen molar-refractivity contribution in [1.29, 1.82) is 0 Å². The van der Waals surface area contributed by atoms with E-state index in [0.29, 0.717) is 16.0 Å². The van der Waals surface area contributed by atoms with Crippen LogP contribution in [0.4, 0.5) is 5.69 Å². The summed E-state index contributed by atoms with van der Waals surface area (Å²) in [7, 11) is -3.15. The quantitative estimate of drug-likeness (QED) is 0.117. The molecule has 0 radical (unpaired) electrons. The summed E-state index contributed by atoms with van der Waals surface area (Å²) in [5.74, 6) is -0.893. The van der Waals surface area contributed by atoms with Gasteiger partial charge in [0.1, 0.15) is 12.3 Å². The third kappa shape index (κ3) is 5.69. The van der Waals surface area contributed by atoms with Gasteiger partial charge in [0.15, 0.2) is 8.32 Å². The highest BCUT2D eigenvalue weighted by Gasteiger charge is 2.57. The van der Waals surface area contributed by atoms with Crippen LogP contribution in [-0.4, -0.2) is 59.1 Å². The molecule has 0 aromatic heterocycles. The summed E-state index contributed by atoms with van der Waals surface area (Å²) in [6.07, 6.45) is 2.25. The number of rotatable bonds is 11. The Kier molecular flexibility index (Phi) is 10.2. The van der Waals surface area contributed by atoms with E-state index in [1.807, 2.05) is 46.1 Å². The highest BCUT2D eigenvalue weighted by Crippen LogP contribution is 2.53. The number of β-lactam (4-membered cyclic amide) rings is 1. The van der Waals surface area contributed by atoms with Crippen LogP contribution in [0.2, 0.25) is 18.1 Å². The third-order valence-corrected chi connectivity index (χ3v) is 16.9. The van der Waals surface area contributed by atoms with E-state index in [0.717, 1.165) is 17.4 Å². The number of carbonyl (C=O) groups is 2. The van der Waals surface area contributed by atoms with Gasteiger partial charge in [0.25, 0.3) is 10.0 Å². The normalized spacial score (nSPS) is 20.2. The van der Waals surface area contributed by atoms with Gasteiger partial charge in [0.2, 0.25) is 5.91 Å². The maximum atomic E-state index is 13.6. The fourth-order valence-corrected chi connectivity index (χ4v) is 12.0. The number of aryl methyl sites for hydroxylation is 1. The van der Waals surface area contributed by atoms with Gasteiger partial charge in [-0.1, -0.05) is 84.2 Å². The SMILES string of the molecule is C=CCOC(=O)C1=C(CN2c3cccc4c(CC)ccc(c34)S2(=O)=O)SC2C(C(C)C)C(=O)N12.CC[Si](CC)(CC)OC. The Morgan fingerprint density at radius 3 is 2.33 bits per heavy atom.